The minimum absolute atomic E-state index is 0.331. The van der Waals surface area contributed by atoms with Gasteiger partial charge >= 0.3 is 5.97 Å². The maximum Gasteiger partial charge on any atom is 0.338 e. The summed E-state index contributed by atoms with van der Waals surface area (Å²) in [6.45, 7) is 1.90. The Morgan fingerprint density at radius 2 is 1.85 bits per heavy atom. The van der Waals surface area contributed by atoms with Crippen molar-refractivity contribution in [2.75, 3.05) is 14.2 Å². The molecule has 1 heterocycles. The maximum atomic E-state index is 11.5. The van der Waals surface area contributed by atoms with E-state index >= 15 is 0 Å². The lowest BCUT2D eigenvalue weighted by atomic mass is 9.95. The third kappa shape index (κ3) is 1.93. The highest BCUT2D eigenvalue weighted by atomic mass is 16.6. The highest BCUT2D eigenvalue weighted by molar-refractivity contribution is 5.86. The Hall–Kier alpha value is -2.07. The van der Waals surface area contributed by atoms with Crippen LogP contribution in [0, 0.1) is 0 Å². The van der Waals surface area contributed by atoms with E-state index in [0.29, 0.717) is 0 Å². The van der Waals surface area contributed by atoms with E-state index in [0.717, 1.165) is 22.1 Å². The molecule has 0 amide bonds. The summed E-state index contributed by atoms with van der Waals surface area (Å²) in [5.41, 5.74) is 0.395. The average Bonchev–Trinajstić information content (AvgIpc) is 3.18. The maximum absolute atomic E-state index is 11.5. The fraction of sp³-hybridized carbons (Fsp3) is 0.312. The van der Waals surface area contributed by atoms with Crippen molar-refractivity contribution in [2.24, 2.45) is 0 Å². The quantitative estimate of drug-likeness (QED) is 0.636. The number of rotatable bonds is 3. The number of fused-ring (bicyclic) bond motifs is 1. The fourth-order valence-electron chi connectivity index (χ4n) is 2.47. The molecule has 1 aliphatic heterocycles. The Morgan fingerprint density at radius 1 is 1.15 bits per heavy atom. The average molecular weight is 272 g/mol. The smallest absolute Gasteiger partial charge is 0.338 e. The molecule has 0 aromatic heterocycles. The van der Waals surface area contributed by atoms with Crippen LogP contribution in [0.3, 0.4) is 0 Å². The summed E-state index contributed by atoms with van der Waals surface area (Å²) in [4.78, 5) is 11.5. The van der Waals surface area contributed by atoms with Crippen molar-refractivity contribution in [3.05, 3.63) is 42.0 Å². The van der Waals surface area contributed by atoms with Gasteiger partial charge in [-0.3, -0.25) is 0 Å². The molecule has 0 saturated carbocycles. The van der Waals surface area contributed by atoms with Crippen LogP contribution < -0.4 is 4.74 Å². The zero-order valence-electron chi connectivity index (χ0n) is 11.7. The molecule has 2 aromatic carbocycles. The van der Waals surface area contributed by atoms with E-state index in [-0.39, 0.29) is 5.97 Å². The summed E-state index contributed by atoms with van der Waals surface area (Å²) in [5, 5.41) is 2.18. The molecule has 2 aromatic rings. The van der Waals surface area contributed by atoms with E-state index in [1.165, 1.54) is 7.11 Å². The summed E-state index contributed by atoms with van der Waals surface area (Å²) < 4.78 is 15.5. The van der Waals surface area contributed by atoms with E-state index in [1.54, 1.807) is 7.11 Å². The van der Waals surface area contributed by atoms with Crippen molar-refractivity contribution in [3.63, 3.8) is 0 Å². The molecule has 2 atom stereocenters. The number of carbonyl (C=O) groups is 1. The first kappa shape index (κ1) is 12.9. The second-order valence-electron chi connectivity index (χ2n) is 5.06. The van der Waals surface area contributed by atoms with E-state index in [1.807, 2.05) is 43.3 Å². The van der Waals surface area contributed by atoms with Crippen LogP contribution >= 0.6 is 0 Å². The van der Waals surface area contributed by atoms with Crippen LogP contribution in [-0.4, -0.2) is 26.3 Å². The fourth-order valence-corrected chi connectivity index (χ4v) is 2.47. The molecular formula is C16H16O4. The molecule has 0 aliphatic carbocycles. The van der Waals surface area contributed by atoms with Crippen molar-refractivity contribution in [3.8, 4) is 5.75 Å². The molecular weight excluding hydrogens is 256 g/mol. The van der Waals surface area contributed by atoms with Gasteiger partial charge in [0.1, 0.15) is 11.4 Å². The minimum Gasteiger partial charge on any atom is -0.497 e. The number of methoxy groups -OCH3 is 2. The molecule has 0 N–H and O–H groups in total. The zero-order chi connectivity index (χ0) is 14.3. The summed E-state index contributed by atoms with van der Waals surface area (Å²) >= 11 is 0. The third-order valence-electron chi connectivity index (χ3n) is 3.84. The first-order valence-electron chi connectivity index (χ1n) is 6.42. The van der Waals surface area contributed by atoms with Gasteiger partial charge in [-0.15, -0.1) is 0 Å². The number of benzene rings is 2. The molecule has 4 heteroatoms. The normalized spacial score (nSPS) is 24.4. The van der Waals surface area contributed by atoms with Gasteiger partial charge in [0.15, 0.2) is 6.10 Å². The first-order chi connectivity index (χ1) is 9.58. The van der Waals surface area contributed by atoms with Gasteiger partial charge in [0, 0.05) is 0 Å². The van der Waals surface area contributed by atoms with Crippen molar-refractivity contribution < 1.29 is 19.0 Å². The molecule has 1 fully saturated rings. The van der Waals surface area contributed by atoms with Gasteiger partial charge < -0.3 is 14.2 Å². The minimum atomic E-state index is -0.582. The molecule has 0 unspecified atom stereocenters. The second-order valence-corrected chi connectivity index (χ2v) is 5.06. The largest absolute Gasteiger partial charge is 0.497 e. The lowest BCUT2D eigenvalue weighted by Crippen LogP contribution is -2.17. The molecule has 0 radical (unpaired) electrons. The number of ether oxygens (including phenoxy) is 3. The predicted molar refractivity (Wildman–Crippen MR) is 74.7 cm³/mol. The Bertz CT molecular complexity index is 679. The van der Waals surface area contributed by atoms with Gasteiger partial charge in [0.25, 0.3) is 0 Å². The van der Waals surface area contributed by atoms with Crippen molar-refractivity contribution in [1.82, 2.24) is 0 Å². The number of epoxide rings is 1. The Balaban J connectivity index is 1.96. The topological polar surface area (TPSA) is 48.1 Å². The van der Waals surface area contributed by atoms with Crippen LogP contribution in [0.1, 0.15) is 12.5 Å². The highest BCUT2D eigenvalue weighted by Crippen LogP contribution is 2.47. The standard InChI is InChI=1S/C16H16O4/c1-16(14(20-16)15(17)19-3)12-6-4-11-9-13(18-2)7-5-10(11)8-12/h4-9,14H,1-3H3/t14-,16-/m0/s1. The van der Waals surface area contributed by atoms with Gasteiger partial charge in [0.05, 0.1) is 14.2 Å². The van der Waals surface area contributed by atoms with Gasteiger partial charge in [-0.1, -0.05) is 18.2 Å². The zero-order valence-corrected chi connectivity index (χ0v) is 11.7. The van der Waals surface area contributed by atoms with Crippen LogP contribution in [0.4, 0.5) is 0 Å². The monoisotopic (exact) mass is 272 g/mol. The summed E-state index contributed by atoms with van der Waals surface area (Å²) in [5.74, 6) is 0.494. The predicted octanol–water partition coefficient (Wildman–Crippen LogP) is 2.64. The van der Waals surface area contributed by atoms with Crippen LogP contribution in [-0.2, 0) is 19.9 Å². The Labute approximate surface area is 117 Å². The molecule has 104 valence electrons. The first-order valence-corrected chi connectivity index (χ1v) is 6.42. The van der Waals surface area contributed by atoms with E-state index in [4.69, 9.17) is 14.2 Å². The van der Waals surface area contributed by atoms with E-state index < -0.39 is 11.7 Å². The number of esters is 1. The summed E-state index contributed by atoms with van der Waals surface area (Å²) in [6, 6.07) is 11.9. The van der Waals surface area contributed by atoms with Crippen LogP contribution in [0.5, 0.6) is 5.75 Å². The molecule has 1 aliphatic rings. The molecule has 0 bridgehead atoms. The molecule has 20 heavy (non-hydrogen) atoms. The van der Waals surface area contributed by atoms with Crippen molar-refractivity contribution >= 4 is 16.7 Å². The van der Waals surface area contributed by atoms with E-state index in [9.17, 15) is 4.79 Å². The Morgan fingerprint density at radius 3 is 2.55 bits per heavy atom. The van der Waals surface area contributed by atoms with Crippen LogP contribution in [0.15, 0.2) is 36.4 Å². The molecule has 3 rings (SSSR count). The number of hydrogen-bond donors (Lipinski definition) is 0. The summed E-state index contributed by atoms with van der Waals surface area (Å²) in [7, 11) is 3.02. The Kier molecular flexibility index (Phi) is 2.91. The second kappa shape index (κ2) is 4.49. The van der Waals surface area contributed by atoms with Gasteiger partial charge in [-0.2, -0.15) is 0 Å². The van der Waals surface area contributed by atoms with Crippen molar-refractivity contribution in [1.29, 1.82) is 0 Å². The highest BCUT2D eigenvalue weighted by Gasteiger charge is 2.59. The third-order valence-corrected chi connectivity index (χ3v) is 3.84. The number of carbonyl (C=O) groups excluding carboxylic acids is 1. The lowest BCUT2D eigenvalue weighted by Gasteiger charge is -2.09. The van der Waals surface area contributed by atoms with Gasteiger partial charge in [-0.25, -0.2) is 4.79 Å². The molecule has 4 nitrogen and oxygen atoms in total. The number of hydrogen-bond acceptors (Lipinski definition) is 4. The molecule has 0 spiro atoms. The van der Waals surface area contributed by atoms with Gasteiger partial charge in [0.2, 0.25) is 0 Å². The lowest BCUT2D eigenvalue weighted by molar-refractivity contribution is -0.142. The van der Waals surface area contributed by atoms with Crippen LogP contribution in [0.25, 0.3) is 10.8 Å². The van der Waals surface area contributed by atoms with E-state index in [2.05, 4.69) is 0 Å². The SMILES string of the molecule is COC(=O)[C@@H]1O[C@@]1(C)c1ccc2cc(OC)ccc2c1. The molecule has 1 saturated heterocycles. The van der Waals surface area contributed by atoms with Crippen LogP contribution in [0.2, 0.25) is 0 Å². The van der Waals surface area contributed by atoms with Crippen molar-refractivity contribution in [2.45, 2.75) is 18.6 Å². The van der Waals surface area contributed by atoms with Gasteiger partial charge in [-0.05, 0) is 41.5 Å². The summed E-state index contributed by atoms with van der Waals surface area (Å²) in [6.07, 6.45) is -0.511.